The summed E-state index contributed by atoms with van der Waals surface area (Å²) in [6, 6.07) is 22.9. The van der Waals surface area contributed by atoms with Crippen LogP contribution in [-0.2, 0) is 11.4 Å². The molecule has 0 heterocycles. The summed E-state index contributed by atoms with van der Waals surface area (Å²) in [7, 11) is 0. The number of carbonyl (C=O) groups is 2. The molecule has 0 aliphatic rings. The molecule has 0 unspecified atom stereocenters. The van der Waals surface area contributed by atoms with Gasteiger partial charge in [0, 0.05) is 23.6 Å². The molecule has 0 saturated heterocycles. The van der Waals surface area contributed by atoms with Crippen molar-refractivity contribution in [3.8, 4) is 11.5 Å². The fourth-order valence-corrected chi connectivity index (χ4v) is 4.77. The van der Waals surface area contributed by atoms with E-state index in [2.05, 4.69) is 44.7 Å². The van der Waals surface area contributed by atoms with Gasteiger partial charge in [0.1, 0.15) is 17.1 Å². The second kappa shape index (κ2) is 13.7. The first-order valence-corrected chi connectivity index (χ1v) is 14.0. The number of esters is 2. The van der Waals surface area contributed by atoms with Gasteiger partial charge >= 0.3 is 11.9 Å². The highest BCUT2D eigenvalue weighted by atomic mass is 16.6. The number of nitrogens with zero attached hydrogens (tertiary/aromatic N) is 1. The van der Waals surface area contributed by atoms with E-state index in [1.807, 2.05) is 24.3 Å². The van der Waals surface area contributed by atoms with E-state index in [1.54, 1.807) is 57.2 Å². The van der Waals surface area contributed by atoms with Gasteiger partial charge in [-0.2, -0.15) is 0 Å². The monoisotopic (exact) mass is 545 g/mol. The number of para-hydroxylation sites is 1. The highest BCUT2D eigenvalue weighted by molar-refractivity contribution is 5.95. The largest absolute Gasteiger partial charge is 0.425 e. The van der Waals surface area contributed by atoms with Crippen LogP contribution in [0.4, 0.5) is 0 Å². The number of aliphatic hydroxyl groups excluding tert-OH is 1. The molecule has 0 radical (unpaired) electrons. The summed E-state index contributed by atoms with van der Waals surface area (Å²) >= 11 is 0. The maximum atomic E-state index is 13.5. The number of aliphatic hydroxyl groups is 1. The van der Waals surface area contributed by atoms with Crippen LogP contribution in [0.15, 0.2) is 72.8 Å². The summed E-state index contributed by atoms with van der Waals surface area (Å²) in [5, 5.41) is 9.95. The van der Waals surface area contributed by atoms with E-state index < -0.39 is 17.4 Å². The molecule has 0 saturated carbocycles. The Morgan fingerprint density at radius 2 is 1.45 bits per heavy atom. The maximum Gasteiger partial charge on any atom is 0.347 e. The number of hydrogen-bond acceptors (Lipinski definition) is 6. The highest BCUT2D eigenvalue weighted by Crippen LogP contribution is 2.37. The fourth-order valence-electron chi connectivity index (χ4n) is 4.77. The lowest BCUT2D eigenvalue weighted by atomic mass is 9.86. The van der Waals surface area contributed by atoms with Gasteiger partial charge in [-0.3, -0.25) is 9.69 Å². The van der Waals surface area contributed by atoms with Crippen molar-refractivity contribution in [1.29, 1.82) is 0 Å². The second-order valence-electron chi connectivity index (χ2n) is 11.7. The first kappa shape index (κ1) is 31.1. The van der Waals surface area contributed by atoms with Crippen LogP contribution in [0.2, 0.25) is 0 Å². The molecule has 0 bridgehead atoms. The molecule has 6 heteroatoms. The van der Waals surface area contributed by atoms with E-state index >= 15 is 0 Å². The van der Waals surface area contributed by atoms with E-state index in [1.165, 1.54) is 0 Å². The Kier molecular flexibility index (Phi) is 10.7. The fraction of sp³-hybridized carbons (Fsp3) is 0.412. The van der Waals surface area contributed by atoms with E-state index in [9.17, 15) is 14.7 Å². The quantitative estimate of drug-likeness (QED) is 0.207. The zero-order valence-corrected chi connectivity index (χ0v) is 24.8. The van der Waals surface area contributed by atoms with Gasteiger partial charge in [0.2, 0.25) is 0 Å². The lowest BCUT2D eigenvalue weighted by Gasteiger charge is -2.32. The van der Waals surface area contributed by atoms with Crippen LogP contribution in [-0.4, -0.2) is 40.6 Å². The average molecular weight is 546 g/mol. The van der Waals surface area contributed by atoms with Crippen molar-refractivity contribution in [2.45, 2.75) is 79.5 Å². The van der Waals surface area contributed by atoms with E-state index in [4.69, 9.17) is 9.47 Å². The minimum Gasteiger partial charge on any atom is -0.425 e. The first-order chi connectivity index (χ1) is 18.9. The molecule has 214 valence electrons. The van der Waals surface area contributed by atoms with Gasteiger partial charge in [-0.1, -0.05) is 48.5 Å². The van der Waals surface area contributed by atoms with Crippen LogP contribution in [0.3, 0.4) is 0 Å². The molecule has 3 aromatic carbocycles. The lowest BCUT2D eigenvalue weighted by molar-refractivity contribution is -0.143. The molecule has 3 rings (SSSR count). The van der Waals surface area contributed by atoms with Gasteiger partial charge in [0.05, 0.1) is 12.0 Å². The molecule has 40 heavy (non-hydrogen) atoms. The Morgan fingerprint density at radius 1 is 0.825 bits per heavy atom. The zero-order chi connectivity index (χ0) is 29.4. The van der Waals surface area contributed by atoms with E-state index in [-0.39, 0.29) is 23.8 Å². The Labute approximate surface area is 238 Å². The van der Waals surface area contributed by atoms with Gasteiger partial charge in [-0.05, 0) is 96.8 Å². The average Bonchev–Trinajstić information content (AvgIpc) is 2.91. The third-order valence-electron chi connectivity index (χ3n) is 6.96. The van der Waals surface area contributed by atoms with Crippen LogP contribution in [0.5, 0.6) is 11.5 Å². The van der Waals surface area contributed by atoms with Crippen molar-refractivity contribution in [2.75, 3.05) is 6.54 Å². The summed E-state index contributed by atoms with van der Waals surface area (Å²) < 4.78 is 11.6. The third kappa shape index (κ3) is 8.03. The first-order valence-electron chi connectivity index (χ1n) is 14.0. The molecular formula is C34H43NO5. The van der Waals surface area contributed by atoms with Crippen molar-refractivity contribution >= 4 is 11.9 Å². The SMILES string of the molecule is CC(C)N(CC[C@H](c1ccccc1)c1cc(CO)ccc1OC(=O)c1ccccc1OC(=O)C(C)(C)C)C(C)C. The van der Waals surface area contributed by atoms with Gasteiger partial charge in [0.15, 0.2) is 0 Å². The Hall–Kier alpha value is -3.48. The highest BCUT2D eigenvalue weighted by Gasteiger charge is 2.27. The van der Waals surface area contributed by atoms with E-state index in [0.29, 0.717) is 17.8 Å². The summed E-state index contributed by atoms with van der Waals surface area (Å²) in [5.41, 5.74) is 2.09. The van der Waals surface area contributed by atoms with Gasteiger partial charge < -0.3 is 14.6 Å². The Bertz CT molecular complexity index is 1270. The van der Waals surface area contributed by atoms with Gasteiger partial charge in [0.25, 0.3) is 0 Å². The topological polar surface area (TPSA) is 76.1 Å². The summed E-state index contributed by atoms with van der Waals surface area (Å²) in [6.45, 7) is 14.8. The van der Waals surface area contributed by atoms with Crippen LogP contribution in [0.25, 0.3) is 0 Å². The van der Waals surface area contributed by atoms with Crippen molar-refractivity contribution in [2.24, 2.45) is 5.41 Å². The minimum absolute atomic E-state index is 0.0792. The standard InChI is InChI=1S/C34H43NO5/c1-23(2)35(24(3)4)20-19-27(26-13-9-8-10-14-26)29-21-25(22-36)17-18-31(29)39-32(37)28-15-11-12-16-30(28)40-33(38)34(5,6)7/h8-18,21,23-24,27,36H,19-20,22H2,1-7H3/t27-/m1/s1. The molecule has 1 N–H and O–H groups in total. The summed E-state index contributed by atoms with van der Waals surface area (Å²) in [6.07, 6.45) is 0.791. The predicted octanol–water partition coefficient (Wildman–Crippen LogP) is 6.99. The molecule has 0 spiro atoms. The van der Waals surface area contributed by atoms with Crippen molar-refractivity contribution in [3.05, 3.63) is 95.1 Å². The number of hydrogen-bond donors (Lipinski definition) is 1. The molecule has 1 atom stereocenters. The van der Waals surface area contributed by atoms with Gasteiger partial charge in [-0.15, -0.1) is 0 Å². The Morgan fingerprint density at radius 3 is 2.05 bits per heavy atom. The van der Waals surface area contributed by atoms with Crippen LogP contribution in [0.1, 0.15) is 87.9 Å². The van der Waals surface area contributed by atoms with Crippen LogP contribution >= 0.6 is 0 Å². The zero-order valence-electron chi connectivity index (χ0n) is 24.8. The minimum atomic E-state index is -0.729. The third-order valence-corrected chi connectivity index (χ3v) is 6.96. The number of rotatable bonds is 11. The van der Waals surface area contributed by atoms with Crippen molar-refractivity contribution in [3.63, 3.8) is 0 Å². The molecular weight excluding hydrogens is 502 g/mol. The molecule has 3 aromatic rings. The van der Waals surface area contributed by atoms with E-state index in [0.717, 1.165) is 29.7 Å². The molecule has 0 aliphatic heterocycles. The van der Waals surface area contributed by atoms with Crippen molar-refractivity contribution in [1.82, 2.24) is 4.90 Å². The smallest absolute Gasteiger partial charge is 0.347 e. The van der Waals surface area contributed by atoms with Crippen molar-refractivity contribution < 1.29 is 24.2 Å². The molecule has 0 amide bonds. The predicted molar refractivity (Wildman–Crippen MR) is 159 cm³/mol. The number of benzene rings is 3. The van der Waals surface area contributed by atoms with Crippen LogP contribution in [0, 0.1) is 5.41 Å². The Balaban J connectivity index is 2.01. The molecule has 6 nitrogen and oxygen atoms in total. The number of carbonyl (C=O) groups excluding carboxylic acids is 2. The summed E-state index contributed by atoms with van der Waals surface area (Å²) in [4.78, 5) is 28.5. The second-order valence-corrected chi connectivity index (χ2v) is 11.7. The lowest BCUT2D eigenvalue weighted by Crippen LogP contribution is -2.38. The maximum absolute atomic E-state index is 13.5. The molecule has 0 aliphatic carbocycles. The molecule has 0 aromatic heterocycles. The normalized spacial score (nSPS) is 12.6. The van der Waals surface area contributed by atoms with Crippen LogP contribution < -0.4 is 9.47 Å². The van der Waals surface area contributed by atoms with Gasteiger partial charge in [-0.25, -0.2) is 4.79 Å². The summed E-state index contributed by atoms with van der Waals surface area (Å²) in [5.74, 6) is -0.568. The molecule has 0 fully saturated rings. The number of ether oxygens (including phenoxy) is 2.